The molecule has 0 unspecified atom stereocenters. The smallest absolute Gasteiger partial charge is 0.387 e. The molecule has 1 heterocycles. The minimum absolute atomic E-state index is 0.0475. The highest BCUT2D eigenvalue weighted by atomic mass is 32.1. The Kier molecular flexibility index (Phi) is 5.77. The summed E-state index contributed by atoms with van der Waals surface area (Å²) in [7, 11) is 3.05. The Morgan fingerprint density at radius 1 is 1.25 bits per heavy atom. The van der Waals surface area contributed by atoms with Gasteiger partial charge in [-0.25, -0.2) is 0 Å². The lowest BCUT2D eigenvalue weighted by Gasteiger charge is -2.18. The second kappa shape index (κ2) is 7.61. The maximum atomic E-state index is 12.5. The Labute approximate surface area is 143 Å². The second-order valence-electron chi connectivity index (χ2n) is 5.37. The van der Waals surface area contributed by atoms with Crippen molar-refractivity contribution in [2.75, 3.05) is 14.2 Å². The molecule has 0 atom stereocenters. The van der Waals surface area contributed by atoms with E-state index in [0.29, 0.717) is 10.4 Å². The van der Waals surface area contributed by atoms with Gasteiger partial charge in [0.15, 0.2) is 11.5 Å². The fraction of sp³-hybridized carbons (Fsp3) is 0.353. The Bertz CT molecular complexity index is 711. The summed E-state index contributed by atoms with van der Waals surface area (Å²) in [6, 6.07) is 6.58. The predicted octanol–water partition coefficient (Wildman–Crippen LogP) is 4.25. The average Bonchev–Trinajstić information content (AvgIpc) is 2.85. The van der Waals surface area contributed by atoms with Crippen molar-refractivity contribution in [3.63, 3.8) is 0 Å². The molecular formula is C17H19F2NO3S. The molecule has 2 aromatic rings. The van der Waals surface area contributed by atoms with Crippen LogP contribution in [0.4, 0.5) is 8.78 Å². The fourth-order valence-corrected chi connectivity index (χ4v) is 3.25. The normalized spacial score (nSPS) is 10.8. The highest BCUT2D eigenvalue weighted by Gasteiger charge is 2.17. The SMILES string of the molecule is COc1ccc(CN(C)C(=O)c2cc(C)c(C)s2)cc1OC(F)F. The van der Waals surface area contributed by atoms with E-state index < -0.39 is 6.61 Å². The van der Waals surface area contributed by atoms with Gasteiger partial charge in [0.1, 0.15) is 0 Å². The molecule has 0 radical (unpaired) electrons. The molecule has 0 aliphatic rings. The zero-order valence-electron chi connectivity index (χ0n) is 13.9. The fourth-order valence-electron chi connectivity index (χ4n) is 2.22. The van der Waals surface area contributed by atoms with Crippen molar-refractivity contribution in [2.45, 2.75) is 27.0 Å². The molecule has 0 saturated carbocycles. The van der Waals surface area contributed by atoms with Crippen LogP contribution in [-0.2, 0) is 6.54 Å². The van der Waals surface area contributed by atoms with Crippen molar-refractivity contribution >= 4 is 17.2 Å². The van der Waals surface area contributed by atoms with Crippen LogP contribution >= 0.6 is 11.3 Å². The van der Waals surface area contributed by atoms with Crippen LogP contribution in [0.15, 0.2) is 24.3 Å². The van der Waals surface area contributed by atoms with Gasteiger partial charge in [0.25, 0.3) is 5.91 Å². The van der Waals surface area contributed by atoms with Crippen molar-refractivity contribution in [1.82, 2.24) is 4.90 Å². The predicted molar refractivity (Wildman–Crippen MR) is 89.2 cm³/mol. The molecule has 1 aromatic carbocycles. The van der Waals surface area contributed by atoms with Crippen molar-refractivity contribution in [3.8, 4) is 11.5 Å². The number of aryl methyl sites for hydroxylation is 2. The lowest BCUT2D eigenvalue weighted by atomic mass is 10.2. The third-order valence-electron chi connectivity index (χ3n) is 3.59. The van der Waals surface area contributed by atoms with Crippen LogP contribution in [0.5, 0.6) is 11.5 Å². The van der Waals surface area contributed by atoms with Crippen molar-refractivity contribution in [1.29, 1.82) is 0 Å². The quantitative estimate of drug-likeness (QED) is 0.778. The molecule has 24 heavy (non-hydrogen) atoms. The zero-order chi connectivity index (χ0) is 17.9. The summed E-state index contributed by atoms with van der Waals surface area (Å²) >= 11 is 1.44. The van der Waals surface area contributed by atoms with E-state index in [1.165, 1.54) is 24.5 Å². The van der Waals surface area contributed by atoms with Gasteiger partial charge < -0.3 is 14.4 Å². The van der Waals surface area contributed by atoms with Gasteiger partial charge in [-0.3, -0.25) is 4.79 Å². The molecule has 0 saturated heterocycles. The molecule has 0 fully saturated rings. The third-order valence-corrected chi connectivity index (χ3v) is 4.73. The summed E-state index contributed by atoms with van der Waals surface area (Å²) in [4.78, 5) is 15.8. The van der Waals surface area contributed by atoms with E-state index in [-0.39, 0.29) is 24.0 Å². The van der Waals surface area contributed by atoms with E-state index in [1.54, 1.807) is 24.1 Å². The number of carbonyl (C=O) groups is 1. The number of halogens is 2. The van der Waals surface area contributed by atoms with Crippen LogP contribution in [0.1, 0.15) is 25.7 Å². The molecule has 4 nitrogen and oxygen atoms in total. The highest BCUT2D eigenvalue weighted by molar-refractivity contribution is 7.14. The lowest BCUT2D eigenvalue weighted by molar-refractivity contribution is -0.0512. The average molecular weight is 355 g/mol. The molecule has 0 spiro atoms. The maximum Gasteiger partial charge on any atom is 0.387 e. The van der Waals surface area contributed by atoms with Gasteiger partial charge in [-0.05, 0) is 43.2 Å². The number of thiophene rings is 1. The number of alkyl halides is 2. The van der Waals surface area contributed by atoms with E-state index in [2.05, 4.69) is 4.74 Å². The number of carbonyl (C=O) groups excluding carboxylic acids is 1. The van der Waals surface area contributed by atoms with Crippen LogP contribution in [0, 0.1) is 13.8 Å². The summed E-state index contributed by atoms with van der Waals surface area (Å²) in [5, 5.41) is 0. The molecule has 7 heteroatoms. The molecule has 0 bridgehead atoms. The molecular weight excluding hydrogens is 336 g/mol. The summed E-state index contributed by atoms with van der Waals surface area (Å²) in [6.07, 6.45) is 0. The van der Waals surface area contributed by atoms with E-state index in [0.717, 1.165) is 10.4 Å². The Balaban J connectivity index is 2.16. The zero-order valence-corrected chi connectivity index (χ0v) is 14.7. The molecule has 0 aliphatic carbocycles. The molecule has 2 rings (SSSR count). The van der Waals surface area contributed by atoms with Crippen LogP contribution in [0.2, 0.25) is 0 Å². The topological polar surface area (TPSA) is 38.8 Å². The first kappa shape index (κ1) is 18.2. The Morgan fingerprint density at radius 3 is 2.50 bits per heavy atom. The largest absolute Gasteiger partial charge is 0.493 e. The van der Waals surface area contributed by atoms with Crippen LogP contribution in [0.3, 0.4) is 0 Å². The van der Waals surface area contributed by atoms with Crippen LogP contribution < -0.4 is 9.47 Å². The first-order valence-electron chi connectivity index (χ1n) is 7.26. The first-order chi connectivity index (χ1) is 11.3. The number of nitrogens with zero attached hydrogens (tertiary/aromatic N) is 1. The minimum Gasteiger partial charge on any atom is -0.493 e. The van der Waals surface area contributed by atoms with Crippen molar-refractivity contribution in [3.05, 3.63) is 45.1 Å². The summed E-state index contributed by atoms with van der Waals surface area (Å²) < 4.78 is 34.4. The molecule has 1 amide bonds. The van der Waals surface area contributed by atoms with Gasteiger partial charge in [0.05, 0.1) is 12.0 Å². The number of hydrogen-bond acceptors (Lipinski definition) is 4. The van der Waals surface area contributed by atoms with Gasteiger partial charge in [0.2, 0.25) is 0 Å². The van der Waals surface area contributed by atoms with E-state index in [4.69, 9.17) is 4.74 Å². The second-order valence-corrected chi connectivity index (χ2v) is 6.63. The van der Waals surface area contributed by atoms with Crippen molar-refractivity contribution < 1.29 is 23.0 Å². The van der Waals surface area contributed by atoms with E-state index >= 15 is 0 Å². The van der Waals surface area contributed by atoms with Crippen LogP contribution in [-0.4, -0.2) is 31.6 Å². The highest BCUT2D eigenvalue weighted by Crippen LogP contribution is 2.30. The van der Waals surface area contributed by atoms with Gasteiger partial charge in [-0.2, -0.15) is 8.78 Å². The minimum atomic E-state index is -2.94. The number of hydrogen-bond donors (Lipinski definition) is 0. The third kappa shape index (κ3) is 4.23. The lowest BCUT2D eigenvalue weighted by Crippen LogP contribution is -2.25. The first-order valence-corrected chi connectivity index (χ1v) is 8.07. The molecule has 0 N–H and O–H groups in total. The number of benzene rings is 1. The summed E-state index contributed by atoms with van der Waals surface area (Å²) in [5.41, 5.74) is 1.75. The molecule has 1 aromatic heterocycles. The number of amides is 1. The van der Waals surface area contributed by atoms with Crippen molar-refractivity contribution in [2.24, 2.45) is 0 Å². The van der Waals surface area contributed by atoms with E-state index in [9.17, 15) is 13.6 Å². The number of ether oxygens (including phenoxy) is 2. The number of rotatable bonds is 6. The summed E-state index contributed by atoms with van der Waals surface area (Å²) in [6.45, 7) is 1.26. The number of methoxy groups -OCH3 is 1. The van der Waals surface area contributed by atoms with Crippen LogP contribution in [0.25, 0.3) is 0 Å². The monoisotopic (exact) mass is 355 g/mol. The maximum absolute atomic E-state index is 12.5. The Morgan fingerprint density at radius 2 is 1.96 bits per heavy atom. The molecule has 0 aliphatic heterocycles. The van der Waals surface area contributed by atoms with Gasteiger partial charge in [0, 0.05) is 18.5 Å². The standard InChI is InChI=1S/C17H19F2NO3S/c1-10-7-15(24-11(10)2)16(21)20(3)9-12-5-6-13(22-4)14(8-12)23-17(18)19/h5-8,17H,9H2,1-4H3. The Hall–Kier alpha value is -2.15. The van der Waals surface area contributed by atoms with Gasteiger partial charge in [-0.1, -0.05) is 6.07 Å². The van der Waals surface area contributed by atoms with Gasteiger partial charge in [-0.15, -0.1) is 11.3 Å². The van der Waals surface area contributed by atoms with Gasteiger partial charge >= 0.3 is 6.61 Å². The molecule has 130 valence electrons. The van der Waals surface area contributed by atoms with E-state index in [1.807, 2.05) is 19.9 Å². The summed E-state index contributed by atoms with van der Waals surface area (Å²) in [5.74, 6) is 0.0644.